The van der Waals surface area contributed by atoms with Crippen LogP contribution in [0.5, 0.6) is 0 Å². The van der Waals surface area contributed by atoms with Crippen molar-refractivity contribution in [3.05, 3.63) is 24.3 Å². The fraction of sp³-hybridized carbons (Fsp3) is 0.815. The third-order valence-electron chi connectivity index (χ3n) is 9.98. The predicted octanol–water partition coefficient (Wildman–Crippen LogP) is 6.34. The van der Waals surface area contributed by atoms with Gasteiger partial charge in [0.05, 0.1) is 5.60 Å². The molecule has 0 aromatic carbocycles. The summed E-state index contributed by atoms with van der Waals surface area (Å²) in [5, 5.41) is 12.1. The molecule has 0 amide bonds. The zero-order chi connectivity index (χ0) is 21.0. The van der Waals surface area contributed by atoms with E-state index in [1.165, 1.54) is 19.3 Å². The lowest BCUT2D eigenvalue weighted by Gasteiger charge is -2.63. The van der Waals surface area contributed by atoms with Gasteiger partial charge in [0.25, 0.3) is 0 Å². The Morgan fingerprint density at radius 3 is 2.55 bits per heavy atom. The predicted molar refractivity (Wildman–Crippen MR) is 119 cm³/mol. The Labute approximate surface area is 178 Å². The molecule has 29 heavy (non-hydrogen) atoms. The molecule has 162 valence electrons. The number of hydrogen-bond donors (Lipinski definition) is 1. The average molecular weight is 399 g/mol. The van der Waals surface area contributed by atoms with Crippen LogP contribution in [0.3, 0.4) is 0 Å². The van der Waals surface area contributed by atoms with E-state index < -0.39 is 5.60 Å². The van der Waals surface area contributed by atoms with Crippen molar-refractivity contribution in [2.45, 2.75) is 91.6 Å². The van der Waals surface area contributed by atoms with Crippen LogP contribution in [0.2, 0.25) is 0 Å². The number of aliphatic hydroxyl groups is 1. The Bertz CT molecular complexity index is 705. The number of hydrogen-bond acceptors (Lipinski definition) is 2. The van der Waals surface area contributed by atoms with Crippen LogP contribution < -0.4 is 0 Å². The number of allylic oxidation sites excluding steroid dienone is 3. The Hall–Kier alpha value is -0.890. The van der Waals surface area contributed by atoms with Gasteiger partial charge in [-0.2, -0.15) is 0 Å². The minimum absolute atomic E-state index is 0.230. The standard InChI is InChI=1S/C27H42O2/c1-18(2)7-6-8-19(3)22-11-12-23-24-10-9-20-17-21(28)13-14-26(20,5)27(24,29)16-15-25(22,23)4/h6,8,13-14,18-20,22-24,29H,7,9-12,15-17H2,1-5H3. The first-order chi connectivity index (χ1) is 13.6. The van der Waals surface area contributed by atoms with Crippen molar-refractivity contribution in [2.24, 2.45) is 46.3 Å². The van der Waals surface area contributed by atoms with Crippen LogP contribution in [0.25, 0.3) is 0 Å². The minimum atomic E-state index is -0.636. The van der Waals surface area contributed by atoms with Crippen LogP contribution in [0.15, 0.2) is 24.3 Å². The summed E-state index contributed by atoms with van der Waals surface area (Å²) in [5.74, 6) is 3.65. The van der Waals surface area contributed by atoms with E-state index in [0.717, 1.165) is 37.5 Å². The molecule has 0 aromatic rings. The first-order valence-corrected chi connectivity index (χ1v) is 12.2. The molecule has 8 unspecified atom stereocenters. The molecule has 4 aliphatic carbocycles. The van der Waals surface area contributed by atoms with Gasteiger partial charge in [-0.1, -0.05) is 52.8 Å². The van der Waals surface area contributed by atoms with E-state index >= 15 is 0 Å². The number of ketones is 1. The zero-order valence-electron chi connectivity index (χ0n) is 19.3. The van der Waals surface area contributed by atoms with E-state index in [9.17, 15) is 9.90 Å². The van der Waals surface area contributed by atoms with Crippen molar-refractivity contribution in [2.75, 3.05) is 0 Å². The van der Waals surface area contributed by atoms with Crippen LogP contribution in [-0.4, -0.2) is 16.5 Å². The molecule has 0 aliphatic heterocycles. The van der Waals surface area contributed by atoms with E-state index in [4.69, 9.17) is 0 Å². The fourth-order valence-electron chi connectivity index (χ4n) is 8.18. The molecular formula is C27H42O2. The van der Waals surface area contributed by atoms with Gasteiger partial charge in [-0.15, -0.1) is 0 Å². The summed E-state index contributed by atoms with van der Waals surface area (Å²) in [6, 6.07) is 0. The first-order valence-electron chi connectivity index (χ1n) is 12.2. The molecule has 3 fully saturated rings. The van der Waals surface area contributed by atoms with Gasteiger partial charge in [-0.25, -0.2) is 0 Å². The van der Waals surface area contributed by atoms with Crippen LogP contribution in [0.1, 0.15) is 86.0 Å². The molecule has 0 aromatic heterocycles. The maximum Gasteiger partial charge on any atom is 0.155 e. The second kappa shape index (κ2) is 7.36. The van der Waals surface area contributed by atoms with Crippen molar-refractivity contribution in [1.82, 2.24) is 0 Å². The van der Waals surface area contributed by atoms with Gasteiger partial charge in [0.15, 0.2) is 5.78 Å². The average Bonchev–Trinajstić information content (AvgIpc) is 3.00. The second-order valence-corrected chi connectivity index (χ2v) is 11.8. The summed E-state index contributed by atoms with van der Waals surface area (Å²) in [6.45, 7) is 11.8. The van der Waals surface area contributed by atoms with Gasteiger partial charge in [-0.05, 0) is 91.9 Å². The second-order valence-electron chi connectivity index (χ2n) is 11.8. The van der Waals surface area contributed by atoms with Gasteiger partial charge in [0, 0.05) is 11.8 Å². The molecule has 2 heteroatoms. The smallest absolute Gasteiger partial charge is 0.155 e. The third-order valence-corrected chi connectivity index (χ3v) is 9.98. The summed E-state index contributed by atoms with van der Waals surface area (Å²) in [4.78, 5) is 12.0. The highest BCUT2D eigenvalue weighted by atomic mass is 16.3. The van der Waals surface area contributed by atoms with Crippen LogP contribution in [0, 0.1) is 46.3 Å². The third kappa shape index (κ3) is 3.20. The van der Waals surface area contributed by atoms with Gasteiger partial charge in [-0.3, -0.25) is 4.79 Å². The molecular weight excluding hydrogens is 356 g/mol. The number of carbonyl (C=O) groups excluding carboxylic acids is 1. The summed E-state index contributed by atoms with van der Waals surface area (Å²) in [7, 11) is 0. The largest absolute Gasteiger partial charge is 0.389 e. The van der Waals surface area contributed by atoms with Gasteiger partial charge >= 0.3 is 0 Å². The summed E-state index contributed by atoms with van der Waals surface area (Å²) in [5.41, 5.74) is -0.523. The van der Waals surface area contributed by atoms with E-state index in [-0.39, 0.29) is 11.2 Å². The Kier molecular flexibility index (Phi) is 5.42. The van der Waals surface area contributed by atoms with Crippen LogP contribution >= 0.6 is 0 Å². The van der Waals surface area contributed by atoms with E-state index in [1.807, 2.05) is 0 Å². The van der Waals surface area contributed by atoms with E-state index in [2.05, 4.69) is 52.8 Å². The number of carbonyl (C=O) groups is 1. The molecule has 4 rings (SSSR count). The topological polar surface area (TPSA) is 37.3 Å². The molecule has 1 N–H and O–H groups in total. The van der Waals surface area contributed by atoms with Crippen molar-refractivity contribution in [3.63, 3.8) is 0 Å². The monoisotopic (exact) mass is 398 g/mol. The van der Waals surface area contributed by atoms with Gasteiger partial charge in [0.2, 0.25) is 0 Å². The van der Waals surface area contributed by atoms with E-state index in [0.29, 0.717) is 35.5 Å². The highest BCUT2D eigenvalue weighted by Gasteiger charge is 2.66. The van der Waals surface area contributed by atoms with Crippen molar-refractivity contribution in [1.29, 1.82) is 0 Å². The number of fused-ring (bicyclic) bond motifs is 5. The SMILES string of the molecule is CC(C)CC=CC(C)C1CCC2C3CCC4CC(=O)C=CC4(C)C3(O)CCC12C. The lowest BCUT2D eigenvalue weighted by Crippen LogP contribution is -2.64. The molecule has 0 saturated heterocycles. The Morgan fingerprint density at radius 2 is 1.83 bits per heavy atom. The molecule has 0 radical (unpaired) electrons. The maximum atomic E-state index is 12.1. The van der Waals surface area contributed by atoms with Gasteiger partial charge < -0.3 is 5.11 Å². The molecule has 3 saturated carbocycles. The van der Waals surface area contributed by atoms with Crippen molar-refractivity contribution < 1.29 is 9.90 Å². The van der Waals surface area contributed by atoms with Crippen molar-refractivity contribution in [3.8, 4) is 0 Å². The lowest BCUT2D eigenvalue weighted by atomic mass is 9.43. The lowest BCUT2D eigenvalue weighted by molar-refractivity contribution is -0.211. The Balaban J connectivity index is 1.58. The highest BCUT2D eigenvalue weighted by molar-refractivity contribution is 5.91. The van der Waals surface area contributed by atoms with E-state index in [1.54, 1.807) is 6.08 Å². The normalized spacial score (nSPS) is 47.9. The highest BCUT2D eigenvalue weighted by Crippen LogP contribution is 2.68. The molecule has 0 bridgehead atoms. The minimum Gasteiger partial charge on any atom is -0.389 e. The zero-order valence-corrected chi connectivity index (χ0v) is 19.3. The molecule has 8 atom stereocenters. The van der Waals surface area contributed by atoms with Crippen LogP contribution in [-0.2, 0) is 4.79 Å². The summed E-state index contributed by atoms with van der Waals surface area (Å²) in [6.07, 6.45) is 17.3. The fourth-order valence-corrected chi connectivity index (χ4v) is 8.18. The van der Waals surface area contributed by atoms with Gasteiger partial charge in [0.1, 0.15) is 0 Å². The molecule has 4 aliphatic rings. The maximum absolute atomic E-state index is 12.1. The van der Waals surface area contributed by atoms with Crippen LogP contribution in [0.4, 0.5) is 0 Å². The summed E-state index contributed by atoms with van der Waals surface area (Å²) >= 11 is 0. The Morgan fingerprint density at radius 1 is 1.10 bits per heavy atom. The quantitative estimate of drug-likeness (QED) is 0.561. The summed E-state index contributed by atoms with van der Waals surface area (Å²) < 4.78 is 0. The number of rotatable bonds is 4. The molecule has 0 spiro atoms. The molecule has 0 heterocycles. The van der Waals surface area contributed by atoms with Crippen molar-refractivity contribution >= 4 is 5.78 Å². The first kappa shape index (κ1) is 21.3. The molecule has 2 nitrogen and oxygen atoms in total.